The molecule has 9 heteroatoms. The third kappa shape index (κ3) is 3.92. The molecule has 0 saturated heterocycles. The molecular formula is C15H14N6O2S. The van der Waals surface area contributed by atoms with Gasteiger partial charge >= 0.3 is 0 Å². The first kappa shape index (κ1) is 16.0. The number of hydrogen-bond acceptors (Lipinski definition) is 6. The predicted molar refractivity (Wildman–Crippen MR) is 89.4 cm³/mol. The van der Waals surface area contributed by atoms with Crippen molar-refractivity contribution in [2.24, 2.45) is 0 Å². The van der Waals surface area contributed by atoms with Crippen molar-refractivity contribution in [1.82, 2.24) is 20.0 Å². The highest BCUT2D eigenvalue weighted by atomic mass is 32.2. The Balaban J connectivity index is 1.67. The van der Waals surface area contributed by atoms with Gasteiger partial charge in [-0.15, -0.1) is 5.10 Å². The van der Waals surface area contributed by atoms with E-state index in [-0.39, 0.29) is 5.75 Å². The number of hydrogen-bond donors (Lipinski definition) is 2. The van der Waals surface area contributed by atoms with Crippen LogP contribution in [0.1, 0.15) is 11.3 Å². The normalized spacial score (nSPS) is 12.0. The lowest BCUT2D eigenvalue weighted by atomic mass is 10.1. The molecule has 0 aliphatic rings. The summed E-state index contributed by atoms with van der Waals surface area (Å²) in [5, 5.41) is 21.0. The maximum Gasteiger partial charge on any atom is 0.154 e. The molecule has 2 N–H and O–H groups in total. The molecule has 2 aromatic heterocycles. The lowest BCUT2D eigenvalue weighted by Crippen LogP contribution is -2.07. The minimum Gasteiger partial charge on any atom is -0.379 e. The van der Waals surface area contributed by atoms with E-state index in [1.807, 2.05) is 18.2 Å². The van der Waals surface area contributed by atoms with Crippen molar-refractivity contribution in [3.05, 3.63) is 47.9 Å². The van der Waals surface area contributed by atoms with Crippen LogP contribution in [0.2, 0.25) is 0 Å². The summed E-state index contributed by atoms with van der Waals surface area (Å²) in [6, 6.07) is 9.57. The first-order valence-electron chi connectivity index (χ1n) is 7.14. The van der Waals surface area contributed by atoms with Crippen LogP contribution in [0.25, 0.3) is 10.9 Å². The number of rotatable bonds is 6. The molecule has 3 rings (SSSR count). The quantitative estimate of drug-likeness (QED) is 0.652. The third-order valence-corrected chi connectivity index (χ3v) is 3.90. The van der Waals surface area contributed by atoms with Gasteiger partial charge in [-0.05, 0) is 24.3 Å². The molecular weight excluding hydrogens is 328 g/mol. The first-order chi connectivity index (χ1) is 11.6. The summed E-state index contributed by atoms with van der Waals surface area (Å²) in [6.07, 6.45) is 3.28. The molecule has 3 aromatic rings. The van der Waals surface area contributed by atoms with Crippen molar-refractivity contribution in [2.45, 2.75) is 13.1 Å². The molecule has 24 heavy (non-hydrogen) atoms. The lowest BCUT2D eigenvalue weighted by Gasteiger charge is -2.05. The average molecular weight is 342 g/mol. The molecule has 0 bridgehead atoms. The molecule has 2 heterocycles. The molecule has 0 aliphatic heterocycles. The topological polar surface area (TPSA) is 117 Å². The van der Waals surface area contributed by atoms with Crippen LogP contribution in [0.15, 0.2) is 36.7 Å². The molecule has 1 unspecified atom stereocenters. The first-order valence-corrected chi connectivity index (χ1v) is 8.42. The minimum atomic E-state index is -1.84. The molecule has 122 valence electrons. The fraction of sp³-hybridized carbons (Fsp3) is 0.200. The molecule has 0 radical (unpaired) electrons. The minimum absolute atomic E-state index is 0.120. The summed E-state index contributed by atoms with van der Waals surface area (Å²) in [5.74, 6) is 0.120. The zero-order chi connectivity index (χ0) is 16.9. The summed E-state index contributed by atoms with van der Waals surface area (Å²) in [5.41, 5.74) is 2.94. The van der Waals surface area contributed by atoms with Crippen LogP contribution >= 0.6 is 0 Å². The fourth-order valence-corrected chi connectivity index (χ4v) is 2.54. The summed E-state index contributed by atoms with van der Waals surface area (Å²) >= 11 is -1.84. The highest BCUT2D eigenvalue weighted by molar-refractivity contribution is 7.79. The van der Waals surface area contributed by atoms with Crippen LogP contribution in [-0.4, -0.2) is 34.5 Å². The van der Waals surface area contributed by atoms with E-state index in [0.29, 0.717) is 18.7 Å². The molecule has 0 fully saturated rings. The smallest absolute Gasteiger partial charge is 0.154 e. The van der Waals surface area contributed by atoms with Gasteiger partial charge < -0.3 is 9.87 Å². The largest absolute Gasteiger partial charge is 0.379 e. The highest BCUT2D eigenvalue weighted by Gasteiger charge is 2.04. The van der Waals surface area contributed by atoms with Crippen LogP contribution in [0.3, 0.4) is 0 Å². The molecule has 0 saturated carbocycles. The molecule has 8 nitrogen and oxygen atoms in total. The van der Waals surface area contributed by atoms with Crippen LogP contribution < -0.4 is 5.32 Å². The van der Waals surface area contributed by atoms with Crippen LogP contribution in [-0.2, 0) is 24.2 Å². The van der Waals surface area contributed by atoms with Crippen LogP contribution in [0.5, 0.6) is 0 Å². The number of fused-ring (bicyclic) bond motifs is 1. The van der Waals surface area contributed by atoms with E-state index in [9.17, 15) is 4.21 Å². The van der Waals surface area contributed by atoms with E-state index in [0.717, 1.165) is 22.3 Å². The Bertz CT molecular complexity index is 933. The molecule has 1 atom stereocenters. The Morgan fingerprint density at radius 3 is 3.04 bits per heavy atom. The molecule has 0 aliphatic carbocycles. The van der Waals surface area contributed by atoms with Gasteiger partial charge in [-0.25, -0.2) is 4.21 Å². The lowest BCUT2D eigenvalue weighted by molar-refractivity contribution is 0.548. The van der Waals surface area contributed by atoms with Gasteiger partial charge in [0.2, 0.25) is 0 Å². The van der Waals surface area contributed by atoms with Gasteiger partial charge in [-0.1, -0.05) is 5.21 Å². The maximum atomic E-state index is 10.7. The highest BCUT2D eigenvalue weighted by Crippen LogP contribution is 2.19. The van der Waals surface area contributed by atoms with E-state index < -0.39 is 11.1 Å². The Morgan fingerprint density at radius 1 is 1.38 bits per heavy atom. The Labute approximate surface area is 140 Å². The van der Waals surface area contributed by atoms with Crippen molar-refractivity contribution in [1.29, 1.82) is 5.26 Å². The Hall–Kier alpha value is -2.83. The Kier molecular flexibility index (Phi) is 4.79. The van der Waals surface area contributed by atoms with E-state index in [2.05, 4.69) is 26.7 Å². The van der Waals surface area contributed by atoms with Gasteiger partial charge in [-0.2, -0.15) is 5.26 Å². The number of nitriles is 1. The summed E-state index contributed by atoms with van der Waals surface area (Å²) in [6.45, 7) is 0.813. The van der Waals surface area contributed by atoms with Gasteiger partial charge in [0.1, 0.15) is 11.8 Å². The number of benzene rings is 1. The van der Waals surface area contributed by atoms with Gasteiger partial charge in [0, 0.05) is 17.3 Å². The van der Waals surface area contributed by atoms with E-state index in [1.54, 1.807) is 18.5 Å². The second-order valence-corrected chi connectivity index (χ2v) is 6.15. The predicted octanol–water partition coefficient (Wildman–Crippen LogP) is 1.53. The van der Waals surface area contributed by atoms with Crippen molar-refractivity contribution in [3.8, 4) is 6.07 Å². The van der Waals surface area contributed by atoms with Crippen LogP contribution in [0, 0.1) is 11.3 Å². The van der Waals surface area contributed by atoms with E-state index >= 15 is 0 Å². The van der Waals surface area contributed by atoms with Crippen molar-refractivity contribution < 1.29 is 8.76 Å². The van der Waals surface area contributed by atoms with Gasteiger partial charge in [-0.3, -0.25) is 9.67 Å². The van der Waals surface area contributed by atoms with Gasteiger partial charge in [0.05, 0.1) is 36.1 Å². The van der Waals surface area contributed by atoms with Crippen molar-refractivity contribution in [3.63, 3.8) is 0 Å². The van der Waals surface area contributed by atoms with E-state index in [1.165, 1.54) is 4.68 Å². The number of nitrogens with one attached hydrogen (secondary N) is 1. The van der Waals surface area contributed by atoms with Gasteiger partial charge in [0.25, 0.3) is 0 Å². The monoisotopic (exact) mass is 342 g/mol. The second kappa shape index (κ2) is 7.16. The van der Waals surface area contributed by atoms with Crippen molar-refractivity contribution in [2.75, 3.05) is 11.1 Å². The van der Waals surface area contributed by atoms with E-state index in [4.69, 9.17) is 9.81 Å². The standard InChI is InChI=1S/C15H14N6O2S/c16-7-11-5-12-6-13(1-2-15(12)18-8-11)17-9-14-10-21(20-19-14)3-4-24(22)23/h1-2,5-6,8,10,17H,3-4,9H2,(H,22,23). The summed E-state index contributed by atoms with van der Waals surface area (Å²) in [4.78, 5) is 4.23. The second-order valence-electron chi connectivity index (χ2n) is 5.10. The fourth-order valence-electron chi connectivity index (χ4n) is 2.20. The molecule has 0 spiro atoms. The average Bonchev–Trinajstić information content (AvgIpc) is 3.05. The third-order valence-electron chi connectivity index (χ3n) is 3.37. The van der Waals surface area contributed by atoms with Crippen LogP contribution in [0.4, 0.5) is 5.69 Å². The van der Waals surface area contributed by atoms with Gasteiger partial charge in [0.15, 0.2) is 11.1 Å². The van der Waals surface area contributed by atoms with Crippen molar-refractivity contribution >= 4 is 27.7 Å². The summed E-state index contributed by atoms with van der Waals surface area (Å²) < 4.78 is 21.0. The number of aryl methyl sites for hydroxylation is 1. The number of pyridine rings is 1. The zero-order valence-corrected chi connectivity index (χ0v) is 13.4. The number of anilines is 1. The Morgan fingerprint density at radius 2 is 2.25 bits per heavy atom. The number of aromatic nitrogens is 4. The molecule has 0 amide bonds. The summed E-state index contributed by atoms with van der Waals surface area (Å²) in [7, 11) is 0. The molecule has 1 aromatic carbocycles. The SMILES string of the molecule is N#Cc1cnc2ccc(NCc3cn(CCS(=O)O)nn3)cc2c1. The number of nitrogens with zero attached hydrogens (tertiary/aromatic N) is 5. The maximum absolute atomic E-state index is 10.7. The zero-order valence-electron chi connectivity index (χ0n) is 12.6.